The molecule has 1 N–H and O–H groups in total. The lowest BCUT2D eigenvalue weighted by atomic mass is 10.1. The van der Waals surface area contributed by atoms with E-state index in [1.165, 1.54) is 15.6 Å². The molecule has 0 amide bonds. The highest BCUT2D eigenvalue weighted by molar-refractivity contribution is 7.17. The largest absolute Gasteiger partial charge is 0.282 e. The van der Waals surface area contributed by atoms with Crippen molar-refractivity contribution >= 4 is 21.4 Å². The molecule has 3 rings (SSSR count). The SMILES string of the molecule is Cc1cc(-c2csc3ccccc23)n[nH]1. The van der Waals surface area contributed by atoms with Crippen molar-refractivity contribution in [2.45, 2.75) is 6.92 Å². The molecule has 0 aliphatic heterocycles. The number of aromatic nitrogens is 2. The van der Waals surface area contributed by atoms with E-state index in [0.29, 0.717) is 0 Å². The average Bonchev–Trinajstić information content (AvgIpc) is 2.83. The van der Waals surface area contributed by atoms with Crippen LogP contribution in [0.3, 0.4) is 0 Å². The average molecular weight is 214 g/mol. The standard InChI is InChI=1S/C12H10N2S/c1-8-6-11(14-13-8)10-7-15-12-5-3-2-4-9(10)12/h2-7H,1H3,(H,13,14). The third-order valence-electron chi connectivity index (χ3n) is 2.46. The Kier molecular flexibility index (Phi) is 1.86. The van der Waals surface area contributed by atoms with Crippen molar-refractivity contribution < 1.29 is 0 Å². The maximum atomic E-state index is 4.29. The molecule has 0 saturated heterocycles. The molecular formula is C12H10N2S. The molecule has 0 spiro atoms. The van der Waals surface area contributed by atoms with E-state index in [9.17, 15) is 0 Å². The van der Waals surface area contributed by atoms with E-state index < -0.39 is 0 Å². The van der Waals surface area contributed by atoms with Gasteiger partial charge in [-0.1, -0.05) is 18.2 Å². The molecule has 74 valence electrons. The first-order valence-electron chi connectivity index (χ1n) is 4.83. The van der Waals surface area contributed by atoms with Gasteiger partial charge < -0.3 is 0 Å². The Bertz CT molecular complexity index is 607. The van der Waals surface area contributed by atoms with Crippen molar-refractivity contribution in [3.05, 3.63) is 41.4 Å². The number of thiophene rings is 1. The summed E-state index contributed by atoms with van der Waals surface area (Å²) in [5, 5.41) is 10.7. The predicted molar refractivity (Wildman–Crippen MR) is 64.1 cm³/mol. The second-order valence-electron chi connectivity index (χ2n) is 3.58. The molecule has 2 nitrogen and oxygen atoms in total. The number of benzene rings is 1. The Morgan fingerprint density at radius 3 is 2.93 bits per heavy atom. The van der Waals surface area contributed by atoms with Gasteiger partial charge in [0.1, 0.15) is 0 Å². The lowest BCUT2D eigenvalue weighted by Gasteiger charge is -1.92. The molecule has 0 aliphatic rings. The molecule has 0 unspecified atom stereocenters. The van der Waals surface area contributed by atoms with Crippen LogP contribution in [-0.2, 0) is 0 Å². The Morgan fingerprint density at radius 2 is 2.13 bits per heavy atom. The summed E-state index contributed by atoms with van der Waals surface area (Å²) >= 11 is 1.76. The highest BCUT2D eigenvalue weighted by Crippen LogP contribution is 2.32. The van der Waals surface area contributed by atoms with Gasteiger partial charge in [0, 0.05) is 26.7 Å². The Balaban J connectivity index is 2.27. The summed E-state index contributed by atoms with van der Waals surface area (Å²) in [6.07, 6.45) is 0. The fraction of sp³-hybridized carbons (Fsp3) is 0.0833. The van der Waals surface area contributed by atoms with E-state index in [1.807, 2.05) is 6.92 Å². The van der Waals surface area contributed by atoms with Crippen LogP contribution in [0.2, 0.25) is 0 Å². The van der Waals surface area contributed by atoms with Crippen molar-refractivity contribution in [1.82, 2.24) is 10.2 Å². The predicted octanol–water partition coefficient (Wildman–Crippen LogP) is 3.60. The number of nitrogens with zero attached hydrogens (tertiary/aromatic N) is 1. The summed E-state index contributed by atoms with van der Waals surface area (Å²) in [4.78, 5) is 0. The second kappa shape index (κ2) is 3.21. The molecule has 15 heavy (non-hydrogen) atoms. The molecule has 0 saturated carbocycles. The van der Waals surface area contributed by atoms with E-state index in [0.717, 1.165) is 11.4 Å². The number of hydrogen-bond donors (Lipinski definition) is 1. The quantitative estimate of drug-likeness (QED) is 0.658. The van der Waals surface area contributed by atoms with E-state index in [4.69, 9.17) is 0 Å². The molecule has 0 atom stereocenters. The first-order valence-corrected chi connectivity index (χ1v) is 5.71. The van der Waals surface area contributed by atoms with Crippen molar-refractivity contribution in [2.75, 3.05) is 0 Å². The van der Waals surface area contributed by atoms with Gasteiger partial charge >= 0.3 is 0 Å². The normalized spacial score (nSPS) is 11.0. The van der Waals surface area contributed by atoms with Gasteiger partial charge in [0.25, 0.3) is 0 Å². The summed E-state index contributed by atoms with van der Waals surface area (Å²) in [6.45, 7) is 2.02. The second-order valence-corrected chi connectivity index (χ2v) is 4.49. The highest BCUT2D eigenvalue weighted by Gasteiger charge is 2.07. The monoisotopic (exact) mass is 214 g/mol. The van der Waals surface area contributed by atoms with Gasteiger partial charge in [0.15, 0.2) is 0 Å². The molecule has 3 heteroatoms. The highest BCUT2D eigenvalue weighted by atomic mass is 32.1. The summed E-state index contributed by atoms with van der Waals surface area (Å²) in [5.74, 6) is 0. The summed E-state index contributed by atoms with van der Waals surface area (Å²) < 4.78 is 1.31. The minimum atomic E-state index is 1.03. The van der Waals surface area contributed by atoms with Crippen LogP contribution in [0, 0.1) is 6.92 Å². The Labute approximate surface area is 91.6 Å². The summed E-state index contributed by atoms with van der Waals surface area (Å²) in [7, 11) is 0. The summed E-state index contributed by atoms with van der Waals surface area (Å²) in [6, 6.07) is 10.5. The zero-order chi connectivity index (χ0) is 10.3. The van der Waals surface area contributed by atoms with Crippen LogP contribution in [0.15, 0.2) is 35.7 Å². The number of rotatable bonds is 1. The van der Waals surface area contributed by atoms with Crippen molar-refractivity contribution in [3.63, 3.8) is 0 Å². The third-order valence-corrected chi connectivity index (χ3v) is 3.43. The van der Waals surface area contributed by atoms with Crippen molar-refractivity contribution in [2.24, 2.45) is 0 Å². The maximum absolute atomic E-state index is 4.29. The van der Waals surface area contributed by atoms with Crippen LogP contribution in [0.5, 0.6) is 0 Å². The van der Waals surface area contributed by atoms with Gasteiger partial charge in [-0.2, -0.15) is 5.10 Å². The topological polar surface area (TPSA) is 28.7 Å². The Hall–Kier alpha value is -1.61. The van der Waals surface area contributed by atoms with Gasteiger partial charge in [0.2, 0.25) is 0 Å². The van der Waals surface area contributed by atoms with Crippen LogP contribution in [-0.4, -0.2) is 10.2 Å². The van der Waals surface area contributed by atoms with Crippen LogP contribution < -0.4 is 0 Å². The van der Waals surface area contributed by atoms with E-state index >= 15 is 0 Å². The number of fused-ring (bicyclic) bond motifs is 1. The van der Waals surface area contributed by atoms with E-state index in [2.05, 4.69) is 45.9 Å². The van der Waals surface area contributed by atoms with Gasteiger partial charge in [-0.15, -0.1) is 11.3 Å². The maximum Gasteiger partial charge on any atom is 0.0938 e. The molecular weight excluding hydrogens is 204 g/mol. The van der Waals surface area contributed by atoms with Gasteiger partial charge in [-0.3, -0.25) is 5.10 Å². The van der Waals surface area contributed by atoms with E-state index in [1.54, 1.807) is 11.3 Å². The lowest BCUT2D eigenvalue weighted by molar-refractivity contribution is 1.05. The number of nitrogens with one attached hydrogen (secondary N) is 1. The molecule has 3 aromatic rings. The molecule has 1 aromatic carbocycles. The Morgan fingerprint density at radius 1 is 1.27 bits per heavy atom. The van der Waals surface area contributed by atoms with Crippen LogP contribution in [0.1, 0.15) is 5.69 Å². The zero-order valence-corrected chi connectivity index (χ0v) is 9.14. The molecule has 2 aromatic heterocycles. The van der Waals surface area contributed by atoms with Crippen molar-refractivity contribution in [3.8, 4) is 11.3 Å². The first kappa shape index (κ1) is 8.68. The lowest BCUT2D eigenvalue weighted by Crippen LogP contribution is -1.74. The van der Waals surface area contributed by atoms with Crippen LogP contribution >= 0.6 is 11.3 Å². The fourth-order valence-electron chi connectivity index (χ4n) is 1.73. The molecule has 0 radical (unpaired) electrons. The van der Waals surface area contributed by atoms with Crippen molar-refractivity contribution in [1.29, 1.82) is 0 Å². The number of H-pyrrole nitrogens is 1. The van der Waals surface area contributed by atoms with Gasteiger partial charge in [0.05, 0.1) is 5.69 Å². The van der Waals surface area contributed by atoms with E-state index in [-0.39, 0.29) is 0 Å². The minimum absolute atomic E-state index is 1.03. The van der Waals surface area contributed by atoms with Gasteiger partial charge in [-0.25, -0.2) is 0 Å². The number of aromatic amines is 1. The number of hydrogen-bond acceptors (Lipinski definition) is 2. The molecule has 0 aliphatic carbocycles. The number of aryl methyl sites for hydroxylation is 1. The molecule has 0 bridgehead atoms. The van der Waals surface area contributed by atoms with Crippen LogP contribution in [0.4, 0.5) is 0 Å². The molecule has 2 heterocycles. The minimum Gasteiger partial charge on any atom is -0.282 e. The smallest absolute Gasteiger partial charge is 0.0938 e. The van der Waals surface area contributed by atoms with Gasteiger partial charge in [-0.05, 0) is 19.1 Å². The fourth-order valence-corrected chi connectivity index (χ4v) is 2.69. The zero-order valence-electron chi connectivity index (χ0n) is 8.32. The molecule has 0 fully saturated rings. The third kappa shape index (κ3) is 1.36. The first-order chi connectivity index (χ1) is 7.34. The summed E-state index contributed by atoms with van der Waals surface area (Å²) in [5.41, 5.74) is 3.35. The van der Waals surface area contributed by atoms with Crippen LogP contribution in [0.25, 0.3) is 21.3 Å².